The first-order chi connectivity index (χ1) is 51.4. The Hall–Kier alpha value is -9.14. The Kier molecular flexibility index (Phi) is 27.8. The molecular formula is C96H126N10O2. The minimum atomic E-state index is 0.173. The van der Waals surface area contributed by atoms with Crippen LogP contribution in [0.4, 0.5) is 0 Å². The van der Waals surface area contributed by atoms with Crippen LogP contribution in [-0.4, -0.2) is 121 Å². The van der Waals surface area contributed by atoms with Gasteiger partial charge in [0.15, 0.2) is 10.8 Å². The number of hydrogen-bond acceptors (Lipinski definition) is 12. The monoisotopic (exact) mass is 1450 g/mol. The number of furan rings is 2. The summed E-state index contributed by atoms with van der Waals surface area (Å²) in [6, 6.07) is 59.8. The Labute approximate surface area is 646 Å². The van der Waals surface area contributed by atoms with Gasteiger partial charge in [-0.05, 0) is 195 Å². The van der Waals surface area contributed by atoms with Crippen LogP contribution in [0.2, 0.25) is 0 Å². The van der Waals surface area contributed by atoms with Crippen LogP contribution in [-0.2, 0) is 19.3 Å². The molecule has 2 aromatic heterocycles. The van der Waals surface area contributed by atoms with Gasteiger partial charge in [-0.1, -0.05) is 220 Å². The van der Waals surface area contributed by atoms with Crippen molar-refractivity contribution in [2.75, 3.05) is 35.2 Å². The van der Waals surface area contributed by atoms with Gasteiger partial charge in [0.05, 0.1) is 30.8 Å². The first-order valence-electron chi connectivity index (χ1n) is 39.3. The number of hydrogen-bond donors (Lipinski definition) is 5. The van der Waals surface area contributed by atoms with Gasteiger partial charge in [-0.15, -0.1) is 0 Å². The molecule has 7 heterocycles. The van der Waals surface area contributed by atoms with Gasteiger partial charge in [0, 0.05) is 123 Å². The summed E-state index contributed by atoms with van der Waals surface area (Å²) in [6.07, 6.45) is 37.2. The molecule has 5 unspecified atom stereocenters. The molecule has 0 saturated carbocycles. The summed E-state index contributed by atoms with van der Waals surface area (Å²) in [6.45, 7) is 33.9. The highest BCUT2D eigenvalue weighted by atomic mass is 16.3. The lowest BCUT2D eigenvalue weighted by atomic mass is 9.85. The van der Waals surface area contributed by atoms with Crippen molar-refractivity contribution in [3.05, 3.63) is 274 Å². The summed E-state index contributed by atoms with van der Waals surface area (Å²) in [5, 5.41) is 28.1. The van der Waals surface area contributed by atoms with Crippen LogP contribution in [0.3, 0.4) is 0 Å². The van der Waals surface area contributed by atoms with Crippen molar-refractivity contribution in [3.8, 4) is 0 Å². The van der Waals surface area contributed by atoms with E-state index in [0.29, 0.717) is 53.4 Å². The fourth-order valence-electron chi connectivity index (χ4n) is 15.1. The first-order valence-corrected chi connectivity index (χ1v) is 39.3. The SMILES string of the molecule is CC1=CC(N[C@H](C)Cc2ccccc2)N(C)C=C1.C[C@H](CC(C)(C)C)NC1C=c2c(oc3c2ccc2ccccc23)=CN1C.C[C@H](CC(C)(C)C)NC1C=c2c(oc3cc4ccccc4cc23)=CN1C.C[C@H](Cc1ccccc1)NC1C=C(C(C)(C)C)C=CN1C.C[C@H](Cc1ccccc1)NC1C=CC=CN1C. The van der Waals surface area contributed by atoms with E-state index in [-0.39, 0.29) is 23.9 Å². The largest absolute Gasteiger partial charge is 0.455 e. The van der Waals surface area contributed by atoms with E-state index < -0.39 is 0 Å². The molecule has 9 aromatic rings. The van der Waals surface area contributed by atoms with Crippen molar-refractivity contribution in [3.63, 3.8) is 0 Å². The number of rotatable bonds is 18. The van der Waals surface area contributed by atoms with Crippen LogP contribution >= 0.6 is 0 Å². The van der Waals surface area contributed by atoms with E-state index in [2.05, 4.69) is 440 Å². The molecule has 14 rings (SSSR count). The van der Waals surface area contributed by atoms with Crippen molar-refractivity contribution >= 4 is 68.0 Å². The smallest absolute Gasteiger partial charge is 0.151 e. The summed E-state index contributed by atoms with van der Waals surface area (Å²) in [4.78, 5) is 11.0. The number of nitrogens with zero attached hydrogens (tertiary/aromatic N) is 5. The summed E-state index contributed by atoms with van der Waals surface area (Å²) in [5.41, 5.74) is 11.5. The summed E-state index contributed by atoms with van der Waals surface area (Å²) >= 11 is 0. The molecule has 108 heavy (non-hydrogen) atoms. The minimum Gasteiger partial charge on any atom is -0.455 e. The maximum absolute atomic E-state index is 6.25. The summed E-state index contributed by atoms with van der Waals surface area (Å²) in [7, 11) is 10.5. The minimum absolute atomic E-state index is 0.173. The first kappa shape index (κ1) is 81.4. The average molecular weight is 1450 g/mol. The zero-order valence-corrected chi connectivity index (χ0v) is 68.5. The standard InChI is InChI=1S/2C23H28N2O.C19H28N2.C16H22N2.C15H20N2/c1-15(13-23(2,3)4)24-22-12-19-18-10-16-8-6-7-9-17(16)11-20(18)26-21(19)14-25(22)5;1-15(13-23(2,3)4)24-21-12-19-18-11-10-16-8-6-7-9-17(16)22(18)26-20(19)14-25(21)5;1-15(13-16-9-7-6-8-10-16)20-18-14-17(19(2,3)4)11-12-21(18)5;1-13-9-10-18(3)16(11-13)17-14(2)12-15-7-5-4-6-8-15;1-13(12-14-8-4-3-5-9-14)16-15-10-6-7-11-17(15)2/h6-12,14-15,22,24H,13H2,1-5H3;6-12,14-15,21,24H,13H2,1-5H3;6-12,14-15,18,20H,13H2,1-5H3;4-11,14,16-17H,12H2,1-3H3;3-11,13,15-16H,12H2,1-2H3/t15-,22?;15-,21?;15-,18?;14-,16?;13-,15?/m11111/s1. The van der Waals surface area contributed by atoms with Gasteiger partial charge in [0.2, 0.25) is 0 Å². The Morgan fingerprint density at radius 3 is 1.30 bits per heavy atom. The summed E-state index contributed by atoms with van der Waals surface area (Å²) in [5.74, 6) is 0. The number of benzene rings is 7. The van der Waals surface area contributed by atoms with E-state index in [1.807, 2.05) is 0 Å². The maximum atomic E-state index is 6.25. The lowest BCUT2D eigenvalue weighted by Crippen LogP contribution is -2.49. The van der Waals surface area contributed by atoms with E-state index in [0.717, 1.165) is 54.1 Å². The number of fused-ring (bicyclic) bond motifs is 9. The van der Waals surface area contributed by atoms with Gasteiger partial charge in [0.1, 0.15) is 11.2 Å². The Balaban J connectivity index is 0.000000146. The van der Waals surface area contributed by atoms with E-state index >= 15 is 0 Å². The summed E-state index contributed by atoms with van der Waals surface area (Å²) < 4.78 is 12.4. The molecule has 0 fully saturated rings. The molecule has 12 nitrogen and oxygen atoms in total. The van der Waals surface area contributed by atoms with Crippen LogP contribution < -0.4 is 47.9 Å². The van der Waals surface area contributed by atoms with E-state index in [9.17, 15) is 0 Å². The predicted molar refractivity (Wildman–Crippen MR) is 461 cm³/mol. The molecule has 5 aliphatic heterocycles. The molecule has 0 radical (unpaired) electrons. The highest BCUT2D eigenvalue weighted by Crippen LogP contribution is 2.31. The van der Waals surface area contributed by atoms with Gasteiger partial charge in [-0.25, -0.2) is 0 Å². The van der Waals surface area contributed by atoms with Crippen LogP contribution in [0.15, 0.2) is 245 Å². The Bertz CT molecular complexity index is 4810. The van der Waals surface area contributed by atoms with Crippen molar-refractivity contribution in [1.82, 2.24) is 51.1 Å². The molecule has 0 spiro atoms. The second-order valence-electron chi connectivity index (χ2n) is 34.3. The van der Waals surface area contributed by atoms with Crippen LogP contribution in [0, 0.1) is 16.2 Å². The highest BCUT2D eigenvalue weighted by Gasteiger charge is 2.26. The van der Waals surface area contributed by atoms with Gasteiger partial charge < -0.3 is 33.3 Å². The molecular weight excluding hydrogens is 1330 g/mol. The lowest BCUT2D eigenvalue weighted by molar-refractivity contribution is 0.270. The van der Waals surface area contributed by atoms with Gasteiger partial charge in [-0.3, -0.25) is 26.6 Å². The van der Waals surface area contributed by atoms with Gasteiger partial charge in [0.25, 0.3) is 0 Å². The van der Waals surface area contributed by atoms with Gasteiger partial charge >= 0.3 is 0 Å². The van der Waals surface area contributed by atoms with Crippen molar-refractivity contribution < 1.29 is 8.83 Å². The Morgan fingerprint density at radius 2 is 0.796 bits per heavy atom. The molecule has 0 amide bonds. The third-order valence-corrected chi connectivity index (χ3v) is 20.4. The molecule has 0 saturated heterocycles. The van der Waals surface area contributed by atoms with E-state index in [4.69, 9.17) is 8.83 Å². The molecule has 7 aromatic carbocycles. The molecule has 572 valence electrons. The van der Waals surface area contributed by atoms with Crippen molar-refractivity contribution in [2.24, 2.45) is 16.2 Å². The van der Waals surface area contributed by atoms with Crippen molar-refractivity contribution in [2.45, 2.75) is 197 Å². The number of allylic oxidation sites excluding steroid dienone is 6. The maximum Gasteiger partial charge on any atom is 0.151 e. The zero-order valence-electron chi connectivity index (χ0n) is 68.5. The topological polar surface area (TPSA) is 103 Å². The van der Waals surface area contributed by atoms with Crippen LogP contribution in [0.1, 0.15) is 133 Å². The molecule has 5 N–H and O–H groups in total. The quantitative estimate of drug-likeness (QED) is 0.0565. The lowest BCUT2D eigenvalue weighted by Gasteiger charge is -2.34. The molecule has 12 heteroatoms. The van der Waals surface area contributed by atoms with Crippen LogP contribution in [0.5, 0.6) is 0 Å². The predicted octanol–water partition coefficient (Wildman–Crippen LogP) is 17.0. The highest BCUT2D eigenvalue weighted by molar-refractivity contribution is 6.04. The Morgan fingerprint density at radius 1 is 0.380 bits per heavy atom. The molecule has 0 aliphatic carbocycles. The van der Waals surface area contributed by atoms with Crippen molar-refractivity contribution in [1.29, 1.82) is 0 Å². The third kappa shape index (κ3) is 23.4. The van der Waals surface area contributed by atoms with Crippen LogP contribution in [0.25, 0.3) is 68.0 Å². The molecule has 0 bridgehead atoms. The number of nitrogens with one attached hydrogen (secondary N) is 5. The fourth-order valence-corrected chi connectivity index (χ4v) is 15.1. The van der Waals surface area contributed by atoms with E-state index in [1.165, 1.54) is 70.6 Å². The third-order valence-electron chi connectivity index (χ3n) is 20.4. The second kappa shape index (κ2) is 36.8. The number of likely N-dealkylation sites (N-methyl/N-ethyl adjacent to an activating group) is 3. The molecule has 5 aliphatic rings. The van der Waals surface area contributed by atoms with Gasteiger partial charge in [-0.2, -0.15) is 0 Å². The fraction of sp³-hybridized carbons (Fsp3) is 0.396. The second-order valence-corrected chi connectivity index (χ2v) is 34.3. The normalized spacial score (nSPS) is 19.6. The average Bonchev–Trinajstić information content (AvgIpc) is 1.61. The zero-order chi connectivity index (χ0) is 77.5. The molecule has 10 atom stereocenters. The van der Waals surface area contributed by atoms with E-state index in [1.54, 1.807) is 0 Å².